The molecule has 0 bridgehead atoms. The van der Waals surface area contributed by atoms with Gasteiger partial charge in [-0.25, -0.2) is 0 Å². The Morgan fingerprint density at radius 2 is 2.05 bits per heavy atom. The van der Waals surface area contributed by atoms with Crippen LogP contribution in [-0.2, 0) is 9.59 Å². The largest absolute Gasteiger partial charge is 0.330 e. The summed E-state index contributed by atoms with van der Waals surface area (Å²) in [6.45, 7) is 5.89. The lowest BCUT2D eigenvalue weighted by atomic mass is 9.97. The molecule has 108 valence electrons. The molecule has 0 radical (unpaired) electrons. The van der Waals surface area contributed by atoms with Crippen LogP contribution in [0.25, 0.3) is 0 Å². The van der Waals surface area contributed by atoms with Crippen molar-refractivity contribution in [1.82, 2.24) is 15.1 Å². The second kappa shape index (κ2) is 5.90. The predicted octanol–water partition coefficient (Wildman–Crippen LogP) is 0.454. The van der Waals surface area contributed by atoms with Crippen molar-refractivity contribution in [1.29, 1.82) is 0 Å². The maximum Gasteiger partial charge on any atom is 0.245 e. The highest BCUT2D eigenvalue weighted by molar-refractivity contribution is 5.95. The molecule has 0 aromatic carbocycles. The minimum Gasteiger partial charge on any atom is -0.330 e. The smallest absolute Gasteiger partial charge is 0.245 e. The maximum atomic E-state index is 12.5. The topological polar surface area (TPSA) is 52.7 Å². The predicted molar refractivity (Wildman–Crippen MR) is 73.6 cm³/mol. The maximum absolute atomic E-state index is 12.5. The molecule has 2 rings (SSSR count). The molecule has 2 amide bonds. The fourth-order valence-electron chi connectivity index (χ4n) is 3.06. The number of hydrogen-bond donors (Lipinski definition) is 1. The Morgan fingerprint density at radius 1 is 1.32 bits per heavy atom. The van der Waals surface area contributed by atoms with Gasteiger partial charge in [0.05, 0.1) is 6.54 Å². The summed E-state index contributed by atoms with van der Waals surface area (Å²) in [5.41, 5.74) is 0. The van der Waals surface area contributed by atoms with Crippen molar-refractivity contribution in [3.8, 4) is 0 Å². The third kappa shape index (κ3) is 2.91. The molecule has 2 unspecified atom stereocenters. The van der Waals surface area contributed by atoms with Gasteiger partial charge < -0.3 is 15.1 Å². The number of amides is 2. The van der Waals surface area contributed by atoms with E-state index in [0.717, 1.165) is 25.8 Å². The molecule has 2 atom stereocenters. The number of hydrogen-bond acceptors (Lipinski definition) is 3. The first kappa shape index (κ1) is 14.3. The van der Waals surface area contributed by atoms with Gasteiger partial charge in [0.15, 0.2) is 0 Å². The number of nitrogens with one attached hydrogen (secondary N) is 1. The summed E-state index contributed by atoms with van der Waals surface area (Å²) in [5, 5.41) is 3.24. The van der Waals surface area contributed by atoms with Gasteiger partial charge >= 0.3 is 0 Å². The molecule has 19 heavy (non-hydrogen) atoms. The minimum atomic E-state index is -0.195. The SMILES string of the molecule is CNC(CN1CC(=O)N2CCCCC2C1=O)C(C)C. The zero-order valence-electron chi connectivity index (χ0n) is 12.2. The number of carbonyl (C=O) groups excluding carboxylic acids is 2. The molecule has 5 heteroatoms. The normalized spacial score (nSPS) is 25.8. The average Bonchev–Trinajstić information content (AvgIpc) is 2.41. The Kier molecular flexibility index (Phi) is 4.45. The monoisotopic (exact) mass is 267 g/mol. The summed E-state index contributed by atoms with van der Waals surface area (Å²) in [6.07, 6.45) is 2.90. The van der Waals surface area contributed by atoms with Crippen LogP contribution in [0.4, 0.5) is 0 Å². The van der Waals surface area contributed by atoms with Crippen molar-refractivity contribution in [2.45, 2.75) is 45.2 Å². The molecular formula is C14H25N3O2. The van der Waals surface area contributed by atoms with E-state index in [0.29, 0.717) is 12.5 Å². The summed E-state index contributed by atoms with van der Waals surface area (Å²) >= 11 is 0. The van der Waals surface area contributed by atoms with Gasteiger partial charge in [0.25, 0.3) is 0 Å². The second-order valence-corrected chi connectivity index (χ2v) is 5.96. The molecule has 0 aliphatic carbocycles. The second-order valence-electron chi connectivity index (χ2n) is 5.96. The Bertz CT molecular complexity index is 357. The Labute approximate surface area is 115 Å². The average molecular weight is 267 g/mol. The zero-order valence-corrected chi connectivity index (χ0v) is 12.2. The van der Waals surface area contributed by atoms with E-state index < -0.39 is 0 Å². The number of piperidine rings is 1. The van der Waals surface area contributed by atoms with Gasteiger partial charge in [0, 0.05) is 19.1 Å². The van der Waals surface area contributed by atoms with Crippen LogP contribution < -0.4 is 5.32 Å². The fraction of sp³-hybridized carbons (Fsp3) is 0.857. The molecule has 0 aromatic rings. The van der Waals surface area contributed by atoms with Crippen LogP contribution in [0.2, 0.25) is 0 Å². The number of carbonyl (C=O) groups is 2. The van der Waals surface area contributed by atoms with Crippen molar-refractivity contribution in [2.24, 2.45) is 5.92 Å². The highest BCUT2D eigenvalue weighted by Gasteiger charge is 2.40. The van der Waals surface area contributed by atoms with Gasteiger partial charge in [-0.2, -0.15) is 0 Å². The highest BCUT2D eigenvalue weighted by atomic mass is 16.2. The molecule has 2 saturated heterocycles. The molecular weight excluding hydrogens is 242 g/mol. The third-order valence-electron chi connectivity index (χ3n) is 4.34. The van der Waals surface area contributed by atoms with E-state index >= 15 is 0 Å². The number of fused-ring (bicyclic) bond motifs is 1. The van der Waals surface area contributed by atoms with Gasteiger partial charge in [-0.1, -0.05) is 13.8 Å². The third-order valence-corrected chi connectivity index (χ3v) is 4.34. The Balaban J connectivity index is 2.06. The first-order valence-corrected chi connectivity index (χ1v) is 7.30. The van der Waals surface area contributed by atoms with Crippen LogP contribution in [0.5, 0.6) is 0 Å². The summed E-state index contributed by atoms with van der Waals surface area (Å²) < 4.78 is 0. The molecule has 2 fully saturated rings. The van der Waals surface area contributed by atoms with E-state index in [1.807, 2.05) is 7.05 Å². The minimum absolute atomic E-state index is 0.114. The summed E-state index contributed by atoms with van der Waals surface area (Å²) in [6, 6.07) is 0.0477. The molecule has 1 N–H and O–H groups in total. The molecule has 2 aliphatic rings. The first-order valence-electron chi connectivity index (χ1n) is 7.30. The fourth-order valence-corrected chi connectivity index (χ4v) is 3.06. The molecule has 0 aromatic heterocycles. The quantitative estimate of drug-likeness (QED) is 0.805. The lowest BCUT2D eigenvalue weighted by molar-refractivity contribution is -0.158. The van der Waals surface area contributed by atoms with E-state index in [2.05, 4.69) is 19.2 Å². The van der Waals surface area contributed by atoms with Crippen molar-refractivity contribution in [3.63, 3.8) is 0 Å². The van der Waals surface area contributed by atoms with Crippen LogP contribution in [0.1, 0.15) is 33.1 Å². The van der Waals surface area contributed by atoms with Crippen molar-refractivity contribution >= 4 is 11.8 Å². The first-order chi connectivity index (χ1) is 9.04. The summed E-state index contributed by atoms with van der Waals surface area (Å²) in [4.78, 5) is 28.1. The number of nitrogens with zero attached hydrogens (tertiary/aromatic N) is 2. The van der Waals surface area contributed by atoms with Gasteiger partial charge in [-0.15, -0.1) is 0 Å². The van der Waals surface area contributed by atoms with E-state index in [4.69, 9.17) is 0 Å². The zero-order chi connectivity index (χ0) is 14.0. The van der Waals surface area contributed by atoms with E-state index in [1.165, 1.54) is 0 Å². The van der Waals surface area contributed by atoms with Crippen molar-refractivity contribution < 1.29 is 9.59 Å². The number of likely N-dealkylation sites (N-methyl/N-ethyl adjacent to an activating group) is 1. The van der Waals surface area contributed by atoms with Crippen LogP contribution in [0, 0.1) is 5.92 Å². The number of piperazine rings is 1. The van der Waals surface area contributed by atoms with Gasteiger partial charge in [-0.3, -0.25) is 9.59 Å². The van der Waals surface area contributed by atoms with Gasteiger partial charge in [-0.05, 0) is 32.2 Å². The molecule has 2 aliphatic heterocycles. The van der Waals surface area contributed by atoms with Gasteiger partial charge in [0.2, 0.25) is 11.8 Å². The van der Waals surface area contributed by atoms with Crippen LogP contribution in [0.3, 0.4) is 0 Å². The summed E-state index contributed by atoms with van der Waals surface area (Å²) in [5.74, 6) is 0.695. The molecule has 5 nitrogen and oxygen atoms in total. The van der Waals surface area contributed by atoms with E-state index in [-0.39, 0.29) is 30.4 Å². The Hall–Kier alpha value is -1.10. The highest BCUT2D eigenvalue weighted by Crippen LogP contribution is 2.23. The lowest BCUT2D eigenvalue weighted by Crippen LogP contribution is -2.63. The molecule has 0 spiro atoms. The van der Waals surface area contributed by atoms with E-state index in [1.54, 1.807) is 9.80 Å². The van der Waals surface area contributed by atoms with Crippen molar-refractivity contribution in [2.75, 3.05) is 26.7 Å². The molecule has 0 saturated carbocycles. The van der Waals surface area contributed by atoms with Gasteiger partial charge in [0.1, 0.15) is 6.04 Å². The van der Waals surface area contributed by atoms with Crippen LogP contribution in [-0.4, -0.2) is 60.4 Å². The lowest BCUT2D eigenvalue weighted by Gasteiger charge is -2.43. The van der Waals surface area contributed by atoms with Crippen molar-refractivity contribution in [3.05, 3.63) is 0 Å². The number of rotatable bonds is 4. The molecule has 2 heterocycles. The van der Waals surface area contributed by atoms with Crippen LogP contribution in [0.15, 0.2) is 0 Å². The van der Waals surface area contributed by atoms with Crippen LogP contribution >= 0.6 is 0 Å². The Morgan fingerprint density at radius 3 is 2.68 bits per heavy atom. The summed E-state index contributed by atoms with van der Waals surface area (Å²) in [7, 11) is 1.91. The standard InChI is InChI=1S/C14H25N3O2/c1-10(2)11(15-3)8-16-9-13(18)17-7-5-4-6-12(17)14(16)19/h10-12,15H,4-9H2,1-3H3. The van der Waals surface area contributed by atoms with E-state index in [9.17, 15) is 9.59 Å².